The number of nitrogens with zero attached hydrogens (tertiary/aromatic N) is 1. The molecular formula is C11H17NO3. The number of hydrogen-bond donors (Lipinski definition) is 1. The third kappa shape index (κ3) is 1.57. The van der Waals surface area contributed by atoms with E-state index in [0.717, 1.165) is 6.42 Å². The van der Waals surface area contributed by atoms with Crippen LogP contribution in [0, 0.1) is 11.8 Å². The van der Waals surface area contributed by atoms with Crippen LogP contribution in [0.3, 0.4) is 0 Å². The first-order valence-corrected chi connectivity index (χ1v) is 5.52. The van der Waals surface area contributed by atoms with Gasteiger partial charge in [-0.1, -0.05) is 13.8 Å². The molecule has 1 N–H and O–H groups in total. The number of carbonyl (C=O) groups is 2. The molecule has 0 bridgehead atoms. The van der Waals surface area contributed by atoms with E-state index in [-0.39, 0.29) is 30.2 Å². The van der Waals surface area contributed by atoms with E-state index in [0.29, 0.717) is 12.8 Å². The number of amides is 2. The summed E-state index contributed by atoms with van der Waals surface area (Å²) in [4.78, 5) is 24.7. The van der Waals surface area contributed by atoms with Gasteiger partial charge >= 0.3 is 0 Å². The molecule has 1 aliphatic heterocycles. The summed E-state index contributed by atoms with van der Waals surface area (Å²) >= 11 is 0. The highest BCUT2D eigenvalue weighted by atomic mass is 16.3. The molecule has 0 aromatic heterocycles. The first-order valence-electron chi connectivity index (χ1n) is 5.52. The lowest BCUT2D eigenvalue weighted by molar-refractivity contribution is -0.147. The molecule has 2 atom stereocenters. The van der Waals surface area contributed by atoms with E-state index >= 15 is 0 Å². The monoisotopic (exact) mass is 211 g/mol. The molecule has 1 heterocycles. The molecule has 1 saturated heterocycles. The average Bonchev–Trinajstić information content (AvgIpc) is 2.33. The molecule has 15 heavy (non-hydrogen) atoms. The van der Waals surface area contributed by atoms with Crippen molar-refractivity contribution in [3.63, 3.8) is 0 Å². The number of carbonyl (C=O) groups excluding carboxylic acids is 2. The fourth-order valence-corrected chi connectivity index (χ4v) is 2.22. The van der Waals surface area contributed by atoms with E-state index in [2.05, 4.69) is 0 Å². The van der Waals surface area contributed by atoms with Crippen molar-refractivity contribution in [2.75, 3.05) is 6.54 Å². The van der Waals surface area contributed by atoms with Gasteiger partial charge in [0.2, 0.25) is 11.8 Å². The molecule has 1 aliphatic carbocycles. The summed E-state index contributed by atoms with van der Waals surface area (Å²) in [5.41, 5.74) is -0.797. The predicted molar refractivity (Wildman–Crippen MR) is 53.8 cm³/mol. The molecule has 2 amide bonds. The Bertz CT molecular complexity index is 289. The van der Waals surface area contributed by atoms with Crippen molar-refractivity contribution in [2.45, 2.75) is 38.7 Å². The van der Waals surface area contributed by atoms with Crippen LogP contribution in [0.25, 0.3) is 0 Å². The molecule has 2 unspecified atom stereocenters. The van der Waals surface area contributed by atoms with Gasteiger partial charge in [0, 0.05) is 11.8 Å². The van der Waals surface area contributed by atoms with Gasteiger partial charge < -0.3 is 5.11 Å². The lowest BCUT2D eigenvalue weighted by Crippen LogP contribution is -2.50. The lowest BCUT2D eigenvalue weighted by atomic mass is 9.80. The summed E-state index contributed by atoms with van der Waals surface area (Å²) in [5.74, 6) is -0.733. The van der Waals surface area contributed by atoms with Crippen LogP contribution in [0.2, 0.25) is 0 Å². The fourth-order valence-electron chi connectivity index (χ4n) is 2.22. The van der Waals surface area contributed by atoms with Gasteiger partial charge in [-0.15, -0.1) is 0 Å². The van der Waals surface area contributed by atoms with Crippen LogP contribution in [-0.4, -0.2) is 34.0 Å². The molecular weight excluding hydrogens is 194 g/mol. The van der Waals surface area contributed by atoms with E-state index in [1.165, 1.54) is 4.90 Å². The zero-order valence-corrected chi connectivity index (χ0v) is 9.19. The van der Waals surface area contributed by atoms with Crippen LogP contribution < -0.4 is 0 Å². The molecule has 2 fully saturated rings. The van der Waals surface area contributed by atoms with Crippen molar-refractivity contribution >= 4 is 11.8 Å². The highest BCUT2D eigenvalue weighted by Gasteiger charge is 2.47. The predicted octanol–water partition coefficient (Wildman–Crippen LogP) is 0.542. The van der Waals surface area contributed by atoms with Gasteiger partial charge in [0.25, 0.3) is 0 Å². The van der Waals surface area contributed by atoms with Gasteiger partial charge in [0.15, 0.2) is 0 Å². The molecule has 1 saturated carbocycles. The van der Waals surface area contributed by atoms with Gasteiger partial charge in [-0.3, -0.25) is 14.5 Å². The number of imide groups is 1. The van der Waals surface area contributed by atoms with Crippen LogP contribution >= 0.6 is 0 Å². The van der Waals surface area contributed by atoms with Crippen LogP contribution in [0.1, 0.15) is 33.1 Å². The van der Waals surface area contributed by atoms with Gasteiger partial charge in [-0.2, -0.15) is 0 Å². The summed E-state index contributed by atoms with van der Waals surface area (Å²) in [7, 11) is 0. The number of aliphatic hydroxyl groups is 1. The highest BCUT2D eigenvalue weighted by Crippen LogP contribution is 2.35. The summed E-state index contributed by atoms with van der Waals surface area (Å²) < 4.78 is 0. The Morgan fingerprint density at radius 2 is 1.73 bits per heavy atom. The van der Waals surface area contributed by atoms with Gasteiger partial charge in [-0.05, 0) is 19.3 Å². The molecule has 0 spiro atoms. The van der Waals surface area contributed by atoms with Crippen molar-refractivity contribution in [3.05, 3.63) is 0 Å². The summed E-state index contributed by atoms with van der Waals surface area (Å²) in [6, 6.07) is 0. The second-order valence-electron chi connectivity index (χ2n) is 4.92. The summed E-state index contributed by atoms with van der Waals surface area (Å²) in [5, 5.41) is 9.93. The quantitative estimate of drug-likeness (QED) is 0.678. The number of hydrogen-bond acceptors (Lipinski definition) is 3. The third-order valence-corrected chi connectivity index (χ3v) is 3.80. The van der Waals surface area contributed by atoms with Crippen LogP contribution in [0.5, 0.6) is 0 Å². The summed E-state index contributed by atoms with van der Waals surface area (Å²) in [6.07, 6.45) is 2.39. The second-order valence-corrected chi connectivity index (χ2v) is 4.92. The first-order chi connectivity index (χ1) is 6.94. The molecule has 4 heteroatoms. The normalized spacial score (nSPS) is 34.5. The Morgan fingerprint density at radius 1 is 1.27 bits per heavy atom. The van der Waals surface area contributed by atoms with E-state index in [9.17, 15) is 14.7 Å². The zero-order chi connectivity index (χ0) is 11.2. The van der Waals surface area contributed by atoms with E-state index in [1.807, 2.05) is 0 Å². The summed E-state index contributed by atoms with van der Waals surface area (Å²) in [6.45, 7) is 3.74. The van der Waals surface area contributed by atoms with E-state index in [4.69, 9.17) is 0 Å². The third-order valence-electron chi connectivity index (χ3n) is 3.80. The van der Waals surface area contributed by atoms with Crippen molar-refractivity contribution in [2.24, 2.45) is 11.8 Å². The van der Waals surface area contributed by atoms with Gasteiger partial charge in [0.05, 0.1) is 12.1 Å². The Labute approximate surface area is 89.3 Å². The van der Waals surface area contributed by atoms with Gasteiger partial charge in [0.1, 0.15) is 0 Å². The smallest absolute Gasteiger partial charge is 0.232 e. The maximum Gasteiger partial charge on any atom is 0.232 e. The minimum Gasteiger partial charge on any atom is -0.388 e. The molecule has 0 aromatic rings. The first kappa shape index (κ1) is 10.6. The van der Waals surface area contributed by atoms with Crippen molar-refractivity contribution < 1.29 is 14.7 Å². The topological polar surface area (TPSA) is 57.6 Å². The Balaban J connectivity index is 2.09. The van der Waals surface area contributed by atoms with Crippen molar-refractivity contribution in [3.8, 4) is 0 Å². The maximum atomic E-state index is 11.7. The highest BCUT2D eigenvalue weighted by molar-refractivity contribution is 6.04. The number of likely N-dealkylation sites (tertiary alicyclic amines) is 1. The van der Waals surface area contributed by atoms with Crippen molar-refractivity contribution in [1.82, 2.24) is 4.90 Å². The minimum absolute atomic E-state index is 0.132. The minimum atomic E-state index is -0.797. The fraction of sp³-hybridized carbons (Fsp3) is 0.818. The van der Waals surface area contributed by atoms with Crippen LogP contribution in [-0.2, 0) is 9.59 Å². The van der Waals surface area contributed by atoms with Crippen LogP contribution in [0.15, 0.2) is 0 Å². The van der Waals surface area contributed by atoms with Gasteiger partial charge in [-0.25, -0.2) is 0 Å². The Morgan fingerprint density at radius 3 is 2.07 bits per heavy atom. The number of rotatable bonds is 2. The standard InChI is InChI=1S/C11H17NO3/c1-7-8(2)10(14)12(9(7)13)6-11(15)4-3-5-11/h7-8,15H,3-6H2,1-2H3. The lowest BCUT2D eigenvalue weighted by Gasteiger charge is -2.38. The molecule has 0 aromatic carbocycles. The van der Waals surface area contributed by atoms with E-state index < -0.39 is 5.60 Å². The Hall–Kier alpha value is -0.900. The maximum absolute atomic E-state index is 11.7. The number of β-amino-alcohol motifs (C(OH)–C–C–N with tert-alkyl or cyclic N) is 1. The zero-order valence-electron chi connectivity index (χ0n) is 9.19. The largest absolute Gasteiger partial charge is 0.388 e. The van der Waals surface area contributed by atoms with Crippen molar-refractivity contribution in [1.29, 1.82) is 0 Å². The average molecular weight is 211 g/mol. The molecule has 2 rings (SSSR count). The van der Waals surface area contributed by atoms with E-state index in [1.54, 1.807) is 13.8 Å². The van der Waals surface area contributed by atoms with Crippen LogP contribution in [0.4, 0.5) is 0 Å². The Kier molecular flexibility index (Phi) is 2.34. The SMILES string of the molecule is CC1C(=O)N(CC2(O)CCC2)C(=O)C1C. The molecule has 84 valence electrons. The molecule has 2 aliphatic rings. The molecule has 4 nitrogen and oxygen atoms in total. The molecule has 0 radical (unpaired) electrons. The second kappa shape index (κ2) is 3.30.